The first kappa shape index (κ1) is 19.4. The maximum Gasteiger partial charge on any atom is 0.136 e. The van der Waals surface area contributed by atoms with Crippen molar-refractivity contribution in [2.24, 2.45) is 0 Å². The van der Waals surface area contributed by atoms with Gasteiger partial charge < -0.3 is 4.42 Å². The number of hydrogen-bond donors (Lipinski definition) is 0. The first-order valence-electron chi connectivity index (χ1n) is 19.5. The predicted octanol–water partition coefficient (Wildman–Crippen LogP) is 13.2. The van der Waals surface area contributed by atoms with Gasteiger partial charge in [0.05, 0.1) is 11.0 Å². The molecule has 47 heavy (non-hydrogen) atoms. The number of rotatable bonds is 3. The van der Waals surface area contributed by atoms with Crippen molar-refractivity contribution in [3.8, 4) is 33.4 Å². The Morgan fingerprint density at radius 1 is 0.383 bits per heavy atom. The van der Waals surface area contributed by atoms with Crippen LogP contribution in [0.3, 0.4) is 0 Å². The van der Waals surface area contributed by atoms with E-state index in [0.717, 1.165) is 43.4 Å². The molecular formula is C46H28O. The molecule has 1 nitrogen and oxygen atoms in total. The fraction of sp³-hybridized carbons (Fsp3) is 0. The lowest BCUT2D eigenvalue weighted by atomic mass is 9.83. The molecule has 0 radical (unpaired) electrons. The van der Waals surface area contributed by atoms with E-state index in [2.05, 4.69) is 6.07 Å². The van der Waals surface area contributed by atoms with Crippen LogP contribution < -0.4 is 0 Å². The van der Waals surface area contributed by atoms with E-state index in [4.69, 9.17) is 9.90 Å². The molecule has 0 fully saturated rings. The second kappa shape index (κ2) is 10.2. The standard InChI is InChI=1S/C46H28O/c1-2-12-29(13-3-1)33-26-31-15-5-6-16-34(31)40(28-33)45-38-20-10-8-18-36(38)44(37-19-9-11-21-39(37)45)32-23-24-42-41(27-32)46-35-17-7-4-14-30(35)22-25-43(46)47-42/h1-28H/i8D,9D,10D,11D,18D,19D,20D,21D. The van der Waals surface area contributed by atoms with Gasteiger partial charge in [-0.05, 0) is 107 Å². The number of benzene rings is 9. The van der Waals surface area contributed by atoms with E-state index in [9.17, 15) is 5.48 Å². The lowest BCUT2D eigenvalue weighted by Gasteiger charge is -2.19. The lowest BCUT2D eigenvalue weighted by molar-refractivity contribution is 0.669. The van der Waals surface area contributed by atoms with Crippen LogP contribution in [0.25, 0.3) is 98.4 Å². The topological polar surface area (TPSA) is 13.1 Å². The van der Waals surface area contributed by atoms with E-state index in [1.54, 1.807) is 6.07 Å². The van der Waals surface area contributed by atoms with Crippen LogP contribution in [0.15, 0.2) is 174 Å². The number of furan rings is 1. The molecule has 218 valence electrons. The molecule has 0 bridgehead atoms. The van der Waals surface area contributed by atoms with Gasteiger partial charge in [-0.2, -0.15) is 0 Å². The van der Waals surface area contributed by atoms with Gasteiger partial charge in [-0.3, -0.25) is 0 Å². The first-order valence-corrected chi connectivity index (χ1v) is 15.5. The van der Waals surface area contributed by atoms with E-state index >= 15 is 0 Å². The zero-order valence-electron chi connectivity index (χ0n) is 33.0. The Bertz CT molecular complexity index is 3220. The Morgan fingerprint density at radius 2 is 1.00 bits per heavy atom. The molecule has 0 saturated heterocycles. The Kier molecular flexibility index (Phi) is 4.19. The molecule has 9 aromatic carbocycles. The van der Waals surface area contributed by atoms with Gasteiger partial charge in [0, 0.05) is 10.8 Å². The Morgan fingerprint density at radius 3 is 1.74 bits per heavy atom. The normalized spacial score (nSPS) is 14.2. The summed E-state index contributed by atoms with van der Waals surface area (Å²) >= 11 is 0. The highest BCUT2D eigenvalue weighted by molar-refractivity contribution is 6.25. The van der Waals surface area contributed by atoms with Gasteiger partial charge in [-0.1, -0.05) is 139 Å². The highest BCUT2D eigenvalue weighted by Gasteiger charge is 2.20. The summed E-state index contributed by atoms with van der Waals surface area (Å²) in [6.45, 7) is 0. The fourth-order valence-electron chi connectivity index (χ4n) is 7.20. The zero-order chi connectivity index (χ0) is 37.9. The summed E-state index contributed by atoms with van der Waals surface area (Å²) in [6.07, 6.45) is 0. The summed E-state index contributed by atoms with van der Waals surface area (Å²) in [5.74, 6) is 0. The zero-order valence-corrected chi connectivity index (χ0v) is 25.0. The third-order valence-electron chi connectivity index (χ3n) is 9.26. The van der Waals surface area contributed by atoms with Crippen LogP contribution in [0.5, 0.6) is 0 Å². The molecule has 1 heteroatoms. The monoisotopic (exact) mass is 604 g/mol. The summed E-state index contributed by atoms with van der Waals surface area (Å²) in [5, 5.41) is 6.01. The Hall–Kier alpha value is -6.18. The van der Waals surface area contributed by atoms with Crippen molar-refractivity contribution in [3.05, 3.63) is 170 Å². The van der Waals surface area contributed by atoms with Gasteiger partial charge in [-0.15, -0.1) is 0 Å². The molecule has 0 amide bonds. The Balaban J connectivity index is 1.46. The smallest absolute Gasteiger partial charge is 0.136 e. The van der Waals surface area contributed by atoms with Crippen LogP contribution in [-0.4, -0.2) is 0 Å². The lowest BCUT2D eigenvalue weighted by Crippen LogP contribution is -1.92. The minimum atomic E-state index is -0.436. The van der Waals surface area contributed by atoms with Crippen molar-refractivity contribution in [2.75, 3.05) is 0 Å². The number of hydrogen-bond acceptors (Lipinski definition) is 1. The maximum absolute atomic E-state index is 9.50. The molecule has 0 aliphatic rings. The van der Waals surface area contributed by atoms with Crippen LogP contribution >= 0.6 is 0 Å². The Labute approximate surface area is 283 Å². The molecular weight excluding hydrogens is 569 g/mol. The van der Waals surface area contributed by atoms with Crippen LogP contribution in [0.1, 0.15) is 11.0 Å². The molecule has 0 unspecified atom stereocenters. The van der Waals surface area contributed by atoms with Crippen molar-refractivity contribution in [3.63, 3.8) is 0 Å². The summed E-state index contributed by atoms with van der Waals surface area (Å²) in [6, 6.07) is 36.1. The van der Waals surface area contributed by atoms with Crippen molar-refractivity contribution in [1.82, 2.24) is 0 Å². The summed E-state index contributed by atoms with van der Waals surface area (Å²) in [5.41, 5.74) is 4.83. The third kappa shape index (κ3) is 3.97. The van der Waals surface area contributed by atoms with Crippen molar-refractivity contribution in [2.45, 2.75) is 0 Å². The van der Waals surface area contributed by atoms with E-state index in [1.165, 1.54) is 0 Å². The van der Waals surface area contributed by atoms with E-state index in [0.29, 0.717) is 33.4 Å². The van der Waals surface area contributed by atoms with Gasteiger partial charge in [0.15, 0.2) is 0 Å². The van der Waals surface area contributed by atoms with Gasteiger partial charge in [0.1, 0.15) is 11.2 Å². The molecule has 10 aromatic rings. The minimum absolute atomic E-state index is 0.171. The van der Waals surface area contributed by atoms with Gasteiger partial charge in [0.2, 0.25) is 0 Å². The molecule has 1 aromatic heterocycles. The largest absolute Gasteiger partial charge is 0.456 e. The van der Waals surface area contributed by atoms with Gasteiger partial charge in [-0.25, -0.2) is 0 Å². The summed E-state index contributed by atoms with van der Waals surface area (Å²) in [7, 11) is 0. The minimum Gasteiger partial charge on any atom is -0.456 e. The highest BCUT2D eigenvalue weighted by atomic mass is 16.3. The van der Waals surface area contributed by atoms with Crippen molar-refractivity contribution >= 4 is 65.0 Å². The maximum atomic E-state index is 9.50. The van der Waals surface area contributed by atoms with Crippen molar-refractivity contribution < 1.29 is 15.4 Å². The number of fused-ring (bicyclic) bond motifs is 8. The second-order valence-corrected chi connectivity index (χ2v) is 11.8. The van der Waals surface area contributed by atoms with Crippen molar-refractivity contribution in [1.29, 1.82) is 0 Å². The van der Waals surface area contributed by atoms with Crippen LogP contribution in [0.2, 0.25) is 0 Å². The van der Waals surface area contributed by atoms with Crippen LogP contribution in [0.4, 0.5) is 0 Å². The van der Waals surface area contributed by atoms with Gasteiger partial charge in [0.25, 0.3) is 0 Å². The SMILES string of the molecule is [2H]c1c([2H])c([2H])c2c(-c3cc(-c4ccccc4)cc4ccccc34)c3c([2H])c([2H])c([2H])c([2H])c3c(-c3ccc4oc5ccc6ccccc6c5c4c3)c2c1[2H]. The average molecular weight is 605 g/mol. The molecule has 0 N–H and O–H groups in total. The third-order valence-corrected chi connectivity index (χ3v) is 9.26. The molecule has 10 rings (SSSR count). The first-order chi connectivity index (χ1) is 26.6. The second-order valence-electron chi connectivity index (χ2n) is 11.8. The van der Waals surface area contributed by atoms with E-state index < -0.39 is 24.2 Å². The quantitative estimate of drug-likeness (QED) is 0.183. The highest BCUT2D eigenvalue weighted by Crippen LogP contribution is 2.47. The predicted molar refractivity (Wildman–Crippen MR) is 200 cm³/mol. The molecule has 0 aliphatic carbocycles. The summed E-state index contributed by atoms with van der Waals surface area (Å²) in [4.78, 5) is 0. The van der Waals surface area contributed by atoms with Gasteiger partial charge >= 0.3 is 0 Å². The molecule has 0 saturated carbocycles. The van der Waals surface area contributed by atoms with E-state index in [-0.39, 0.29) is 45.7 Å². The molecule has 0 spiro atoms. The fourth-order valence-corrected chi connectivity index (χ4v) is 7.20. The average Bonchev–Trinajstić information content (AvgIpc) is 3.61. The molecule has 0 atom stereocenters. The van der Waals surface area contributed by atoms with Crippen LogP contribution in [0, 0.1) is 0 Å². The summed E-state index contributed by atoms with van der Waals surface area (Å²) < 4.78 is 79.9. The van der Waals surface area contributed by atoms with Crippen LogP contribution in [-0.2, 0) is 0 Å². The molecule has 0 aliphatic heterocycles. The molecule has 1 heterocycles. The van der Waals surface area contributed by atoms with E-state index in [1.807, 2.05) is 109 Å².